The van der Waals surface area contributed by atoms with Crippen molar-refractivity contribution in [2.75, 3.05) is 0 Å². The molecule has 0 unspecified atom stereocenters. The lowest BCUT2D eigenvalue weighted by atomic mass is 10.0. The first-order valence-corrected chi connectivity index (χ1v) is 9.37. The molecular formula is C23H17Cl2NO. The van der Waals surface area contributed by atoms with E-state index >= 15 is 0 Å². The Bertz CT molecular complexity index is 1210. The highest BCUT2D eigenvalue weighted by Gasteiger charge is 2.09. The Morgan fingerprint density at radius 3 is 2.33 bits per heavy atom. The van der Waals surface area contributed by atoms with E-state index in [0.717, 1.165) is 44.5 Å². The van der Waals surface area contributed by atoms with Gasteiger partial charge >= 0.3 is 0 Å². The van der Waals surface area contributed by atoms with Gasteiger partial charge in [-0.05, 0) is 49.2 Å². The molecule has 1 heterocycles. The van der Waals surface area contributed by atoms with Gasteiger partial charge in [0.25, 0.3) is 0 Å². The van der Waals surface area contributed by atoms with Crippen molar-refractivity contribution < 1.29 is 4.42 Å². The van der Waals surface area contributed by atoms with Crippen molar-refractivity contribution >= 4 is 39.9 Å². The van der Waals surface area contributed by atoms with E-state index in [1.807, 2.05) is 48.5 Å². The molecular weight excluding hydrogens is 377 g/mol. The van der Waals surface area contributed by atoms with Crippen LogP contribution in [0.3, 0.4) is 0 Å². The number of rotatable bonds is 2. The fraction of sp³-hybridized carbons (Fsp3) is 0.0870. The van der Waals surface area contributed by atoms with Crippen molar-refractivity contribution in [3.05, 3.63) is 93.3 Å². The van der Waals surface area contributed by atoms with E-state index in [1.54, 1.807) is 12.1 Å². The summed E-state index contributed by atoms with van der Waals surface area (Å²) in [7, 11) is 0. The molecule has 0 N–H and O–H groups in total. The molecule has 0 aliphatic rings. The van der Waals surface area contributed by atoms with E-state index in [9.17, 15) is 0 Å². The average Bonchev–Trinajstić information content (AvgIpc) is 2.64. The predicted octanol–water partition coefficient (Wildman–Crippen LogP) is 7.26. The van der Waals surface area contributed by atoms with Gasteiger partial charge in [0, 0.05) is 17.0 Å². The predicted molar refractivity (Wildman–Crippen MR) is 113 cm³/mol. The Hall–Kier alpha value is -2.55. The second-order valence-corrected chi connectivity index (χ2v) is 7.34. The molecule has 0 radical (unpaired) electrons. The van der Waals surface area contributed by atoms with Crippen LogP contribution < -0.4 is 5.36 Å². The molecule has 0 atom stereocenters. The number of hydrogen-bond acceptors (Lipinski definition) is 2. The lowest BCUT2D eigenvalue weighted by Crippen LogP contribution is -2.05. The van der Waals surface area contributed by atoms with Crippen LogP contribution in [-0.4, -0.2) is 0 Å². The summed E-state index contributed by atoms with van der Waals surface area (Å²) in [5.74, 6) is 0.770. The summed E-state index contributed by atoms with van der Waals surface area (Å²) < 4.78 is 6.22. The van der Waals surface area contributed by atoms with Gasteiger partial charge < -0.3 is 4.42 Å². The zero-order valence-electron chi connectivity index (χ0n) is 15.0. The molecule has 0 saturated carbocycles. The van der Waals surface area contributed by atoms with Crippen molar-refractivity contribution in [1.29, 1.82) is 0 Å². The number of nitrogens with zero attached hydrogens (tertiary/aromatic N) is 1. The van der Waals surface area contributed by atoms with Gasteiger partial charge in [-0.3, -0.25) is 0 Å². The molecule has 0 amide bonds. The zero-order valence-corrected chi connectivity index (χ0v) is 16.5. The van der Waals surface area contributed by atoms with Crippen LogP contribution in [0.15, 0.2) is 76.1 Å². The van der Waals surface area contributed by atoms with Crippen LogP contribution in [0.4, 0.5) is 5.69 Å². The maximum atomic E-state index is 6.22. The first kappa shape index (κ1) is 17.8. The summed E-state index contributed by atoms with van der Waals surface area (Å²) >= 11 is 12.2. The van der Waals surface area contributed by atoms with E-state index in [4.69, 9.17) is 32.6 Å². The molecule has 4 heteroatoms. The Morgan fingerprint density at radius 1 is 0.815 bits per heavy atom. The van der Waals surface area contributed by atoms with Crippen LogP contribution in [-0.2, 0) is 0 Å². The summed E-state index contributed by atoms with van der Waals surface area (Å²) in [4.78, 5) is 4.84. The lowest BCUT2D eigenvalue weighted by molar-refractivity contribution is 0.618. The second kappa shape index (κ2) is 7.22. The third-order valence-corrected chi connectivity index (χ3v) is 5.14. The monoisotopic (exact) mass is 393 g/mol. The van der Waals surface area contributed by atoms with Crippen molar-refractivity contribution in [3.63, 3.8) is 0 Å². The van der Waals surface area contributed by atoms with Crippen LogP contribution in [0.5, 0.6) is 0 Å². The first-order chi connectivity index (χ1) is 13.0. The molecule has 0 fully saturated rings. The van der Waals surface area contributed by atoms with Crippen LogP contribution in [0.25, 0.3) is 22.3 Å². The van der Waals surface area contributed by atoms with Crippen molar-refractivity contribution in [2.24, 2.45) is 4.99 Å². The number of benzene rings is 3. The number of aryl methyl sites for hydroxylation is 2. The van der Waals surface area contributed by atoms with Crippen LogP contribution in [0.2, 0.25) is 10.0 Å². The largest absolute Gasteiger partial charge is 0.456 e. The minimum absolute atomic E-state index is 0.485. The fourth-order valence-electron chi connectivity index (χ4n) is 3.21. The highest BCUT2D eigenvalue weighted by molar-refractivity contribution is 6.42. The SMILES string of the molecule is Cc1cc(C)c2c(=Nc3ccc(Cl)c(Cl)c3)cc(-c3ccccc3)oc2c1. The van der Waals surface area contributed by atoms with Gasteiger partial charge in [-0.2, -0.15) is 0 Å². The highest BCUT2D eigenvalue weighted by atomic mass is 35.5. The van der Waals surface area contributed by atoms with E-state index < -0.39 is 0 Å². The van der Waals surface area contributed by atoms with Gasteiger partial charge in [0.2, 0.25) is 0 Å². The van der Waals surface area contributed by atoms with E-state index in [0.29, 0.717) is 10.0 Å². The van der Waals surface area contributed by atoms with Crippen molar-refractivity contribution in [2.45, 2.75) is 13.8 Å². The molecule has 0 bridgehead atoms. The Balaban J connectivity index is 2.05. The Kier molecular flexibility index (Phi) is 4.77. The van der Waals surface area contributed by atoms with Gasteiger partial charge in [0.05, 0.1) is 21.1 Å². The molecule has 3 aromatic carbocycles. The first-order valence-electron chi connectivity index (χ1n) is 8.61. The summed E-state index contributed by atoms with van der Waals surface area (Å²) in [6.45, 7) is 4.13. The minimum Gasteiger partial charge on any atom is -0.456 e. The van der Waals surface area contributed by atoms with Crippen LogP contribution >= 0.6 is 23.2 Å². The second-order valence-electron chi connectivity index (χ2n) is 6.53. The van der Waals surface area contributed by atoms with E-state index in [1.165, 1.54) is 0 Å². The third-order valence-electron chi connectivity index (χ3n) is 4.40. The molecule has 4 aromatic rings. The topological polar surface area (TPSA) is 25.5 Å². The van der Waals surface area contributed by atoms with Gasteiger partial charge in [-0.15, -0.1) is 0 Å². The Labute approximate surface area is 167 Å². The molecule has 27 heavy (non-hydrogen) atoms. The van der Waals surface area contributed by atoms with Gasteiger partial charge in [0.15, 0.2) is 0 Å². The smallest absolute Gasteiger partial charge is 0.137 e. The maximum absolute atomic E-state index is 6.22. The standard InChI is InChI=1S/C23H17Cl2NO/c1-14-10-15(2)23-20(26-17-8-9-18(24)19(25)12-17)13-21(27-22(23)11-14)16-6-4-3-5-7-16/h3-13H,1-2H3. The number of fused-ring (bicyclic) bond motifs is 1. The molecule has 0 aliphatic carbocycles. The van der Waals surface area contributed by atoms with Crippen LogP contribution in [0.1, 0.15) is 11.1 Å². The number of halogens is 2. The molecule has 0 saturated heterocycles. The quantitative estimate of drug-likeness (QED) is 0.351. The summed E-state index contributed by atoms with van der Waals surface area (Å²) in [5.41, 5.74) is 4.83. The summed E-state index contributed by atoms with van der Waals surface area (Å²) in [5, 5.41) is 2.83. The molecule has 4 rings (SSSR count). The van der Waals surface area contributed by atoms with Gasteiger partial charge in [0.1, 0.15) is 11.3 Å². The van der Waals surface area contributed by atoms with Gasteiger partial charge in [-0.1, -0.05) is 59.6 Å². The molecule has 134 valence electrons. The third kappa shape index (κ3) is 3.64. The Morgan fingerprint density at radius 2 is 1.59 bits per heavy atom. The van der Waals surface area contributed by atoms with E-state index in [-0.39, 0.29) is 0 Å². The molecule has 1 aromatic heterocycles. The molecule has 2 nitrogen and oxygen atoms in total. The fourth-order valence-corrected chi connectivity index (χ4v) is 3.50. The van der Waals surface area contributed by atoms with Crippen molar-refractivity contribution in [3.8, 4) is 11.3 Å². The normalized spacial score (nSPS) is 11.9. The number of hydrogen-bond donors (Lipinski definition) is 0. The zero-order chi connectivity index (χ0) is 19.0. The van der Waals surface area contributed by atoms with Gasteiger partial charge in [-0.25, -0.2) is 4.99 Å². The van der Waals surface area contributed by atoms with E-state index in [2.05, 4.69) is 19.9 Å². The maximum Gasteiger partial charge on any atom is 0.137 e. The summed E-state index contributed by atoms with van der Waals surface area (Å²) in [6, 6.07) is 21.6. The summed E-state index contributed by atoms with van der Waals surface area (Å²) in [6.07, 6.45) is 0. The average molecular weight is 394 g/mol. The minimum atomic E-state index is 0.485. The molecule has 0 aliphatic heterocycles. The molecule has 0 spiro atoms. The highest BCUT2D eigenvalue weighted by Crippen LogP contribution is 2.28. The van der Waals surface area contributed by atoms with Crippen molar-refractivity contribution in [1.82, 2.24) is 0 Å². The van der Waals surface area contributed by atoms with Crippen LogP contribution in [0, 0.1) is 13.8 Å². The lowest BCUT2D eigenvalue weighted by Gasteiger charge is -2.08.